The molecule has 0 radical (unpaired) electrons. The van der Waals surface area contributed by atoms with Crippen LogP contribution in [-0.4, -0.2) is 24.2 Å². The van der Waals surface area contributed by atoms with Crippen molar-refractivity contribution in [2.75, 3.05) is 0 Å². The topological polar surface area (TPSA) is 26.3 Å². The molecule has 4 rings (SSSR count). The molecule has 4 aliphatic carbocycles. The van der Waals surface area contributed by atoms with E-state index in [9.17, 15) is 26.7 Å². The average molecular weight is 603 g/mol. The fourth-order valence-corrected chi connectivity index (χ4v) is 9.93. The van der Waals surface area contributed by atoms with Gasteiger partial charge in [-0.3, -0.25) is 4.79 Å². The van der Waals surface area contributed by atoms with Crippen molar-refractivity contribution in [3.8, 4) is 0 Å². The van der Waals surface area contributed by atoms with Gasteiger partial charge in [0.15, 0.2) is 0 Å². The Morgan fingerprint density at radius 1 is 0.929 bits per heavy atom. The van der Waals surface area contributed by atoms with Crippen molar-refractivity contribution in [1.29, 1.82) is 0 Å². The zero-order chi connectivity index (χ0) is 30.9. The molecule has 7 heteroatoms. The molecule has 0 aliphatic heterocycles. The number of alkyl halides is 5. The number of ether oxygens (including phenoxy) is 1. The Kier molecular flexibility index (Phi) is 10.5. The molecule has 3 saturated carbocycles. The molecule has 0 aromatic rings. The number of hydrogen-bond acceptors (Lipinski definition) is 2. The van der Waals surface area contributed by atoms with Gasteiger partial charge in [0.1, 0.15) is 6.10 Å². The number of esters is 1. The number of hydrogen-bond donors (Lipinski definition) is 0. The first-order valence-corrected chi connectivity index (χ1v) is 16.9. The highest BCUT2D eigenvalue weighted by Gasteiger charge is 2.59. The highest BCUT2D eigenvalue weighted by molar-refractivity contribution is 5.69. The maximum Gasteiger partial charge on any atom is 0.453 e. The quantitative estimate of drug-likeness (QED) is 0.0961. The zero-order valence-corrected chi connectivity index (χ0v) is 26.6. The Hall–Kier alpha value is -1.14. The van der Waals surface area contributed by atoms with Gasteiger partial charge in [-0.15, -0.1) is 0 Å². The van der Waals surface area contributed by atoms with E-state index < -0.39 is 18.5 Å². The smallest absolute Gasteiger partial charge is 0.453 e. The summed E-state index contributed by atoms with van der Waals surface area (Å²) in [5.74, 6) is -0.381. The highest BCUT2D eigenvalue weighted by Crippen LogP contribution is 2.67. The van der Waals surface area contributed by atoms with Crippen LogP contribution in [0.1, 0.15) is 137 Å². The summed E-state index contributed by atoms with van der Waals surface area (Å²) in [5, 5.41) is 0. The van der Waals surface area contributed by atoms with Gasteiger partial charge in [-0.2, -0.15) is 22.0 Å². The molecule has 0 aromatic heterocycles. The van der Waals surface area contributed by atoms with Crippen molar-refractivity contribution in [2.24, 2.45) is 46.3 Å². The molecule has 8 atom stereocenters. The van der Waals surface area contributed by atoms with Gasteiger partial charge in [0.05, 0.1) is 0 Å². The third kappa shape index (κ3) is 7.05. The maximum absolute atomic E-state index is 13.1. The van der Waals surface area contributed by atoms with E-state index in [1.807, 2.05) is 0 Å². The van der Waals surface area contributed by atoms with Gasteiger partial charge < -0.3 is 4.74 Å². The van der Waals surface area contributed by atoms with Crippen molar-refractivity contribution in [1.82, 2.24) is 0 Å². The van der Waals surface area contributed by atoms with Crippen LogP contribution in [0.2, 0.25) is 0 Å². The monoisotopic (exact) mass is 602 g/mol. The van der Waals surface area contributed by atoms with Gasteiger partial charge >= 0.3 is 18.1 Å². The number of halogens is 5. The number of carbonyl (C=O) groups is 1. The molecule has 3 fully saturated rings. The fourth-order valence-electron chi connectivity index (χ4n) is 9.93. The molecule has 0 amide bonds. The zero-order valence-electron chi connectivity index (χ0n) is 26.6. The molecule has 242 valence electrons. The lowest BCUT2D eigenvalue weighted by Gasteiger charge is -2.58. The predicted molar refractivity (Wildman–Crippen MR) is 157 cm³/mol. The summed E-state index contributed by atoms with van der Waals surface area (Å²) in [5.41, 5.74) is 2.07. The van der Waals surface area contributed by atoms with Crippen LogP contribution in [-0.2, 0) is 9.53 Å². The van der Waals surface area contributed by atoms with Crippen LogP contribution in [0, 0.1) is 46.3 Å². The predicted octanol–water partition coefficient (Wildman–Crippen LogP) is 11.1. The minimum atomic E-state index is -5.52. The molecule has 42 heavy (non-hydrogen) atoms. The Labute approximate surface area is 251 Å². The van der Waals surface area contributed by atoms with Crippen molar-refractivity contribution in [2.45, 2.75) is 156 Å². The van der Waals surface area contributed by atoms with E-state index in [2.05, 4.69) is 40.7 Å². The van der Waals surface area contributed by atoms with Crippen LogP contribution in [0.15, 0.2) is 11.6 Å². The summed E-state index contributed by atoms with van der Waals surface area (Å²) in [4.78, 5) is 12.5. The third-order valence-corrected chi connectivity index (χ3v) is 12.3. The molecule has 0 aromatic carbocycles. The normalized spacial score (nSPS) is 35.7. The first kappa shape index (κ1) is 33.7. The van der Waals surface area contributed by atoms with E-state index >= 15 is 0 Å². The minimum absolute atomic E-state index is 0.0619. The van der Waals surface area contributed by atoms with Crippen LogP contribution >= 0.6 is 0 Å². The van der Waals surface area contributed by atoms with Gasteiger partial charge in [-0.1, -0.05) is 72.0 Å². The number of fused-ring (bicyclic) bond motifs is 5. The summed E-state index contributed by atoms with van der Waals surface area (Å²) in [7, 11) is 0. The lowest BCUT2D eigenvalue weighted by Crippen LogP contribution is -2.51. The average Bonchev–Trinajstić information content (AvgIpc) is 3.25. The van der Waals surface area contributed by atoms with E-state index in [0.717, 1.165) is 55.3 Å². The van der Waals surface area contributed by atoms with Crippen molar-refractivity contribution in [3.05, 3.63) is 11.6 Å². The summed E-state index contributed by atoms with van der Waals surface area (Å²) < 4.78 is 68.9. The lowest BCUT2D eigenvalue weighted by molar-refractivity contribution is -0.284. The molecule has 0 N–H and O–H groups in total. The van der Waals surface area contributed by atoms with Gasteiger partial charge in [0, 0.05) is 19.3 Å². The second-order valence-corrected chi connectivity index (χ2v) is 15.4. The fraction of sp³-hybridized carbons (Fsp3) is 0.914. The maximum atomic E-state index is 13.1. The minimum Gasteiger partial charge on any atom is -0.462 e. The molecular formula is C35H55F5O2. The molecule has 2 nitrogen and oxygen atoms in total. The van der Waals surface area contributed by atoms with Gasteiger partial charge in [-0.05, 0) is 104 Å². The van der Waals surface area contributed by atoms with Crippen LogP contribution in [0.25, 0.3) is 0 Å². The van der Waals surface area contributed by atoms with Gasteiger partial charge in [0.2, 0.25) is 0 Å². The summed E-state index contributed by atoms with van der Waals surface area (Å²) in [6.07, 6.45) is 8.91. The van der Waals surface area contributed by atoms with Gasteiger partial charge in [-0.25, -0.2) is 0 Å². The van der Waals surface area contributed by atoms with Crippen LogP contribution < -0.4 is 0 Å². The molecule has 4 aliphatic rings. The van der Waals surface area contributed by atoms with E-state index in [4.69, 9.17) is 4.74 Å². The largest absolute Gasteiger partial charge is 0.462 e. The molecule has 0 heterocycles. The molecule has 0 saturated heterocycles. The molecule has 0 spiro atoms. The SMILES string of the molecule is CC(C)CCCC(C)C1CCC2C3CC=C4CC(OC(=O)CCCCCC(F)(F)C(F)(F)F)CCC4(C)C3CCC12C. The third-order valence-electron chi connectivity index (χ3n) is 12.3. The van der Waals surface area contributed by atoms with Crippen molar-refractivity contribution in [3.63, 3.8) is 0 Å². The van der Waals surface area contributed by atoms with E-state index in [-0.39, 0.29) is 43.2 Å². The molecule has 8 unspecified atom stereocenters. The first-order valence-electron chi connectivity index (χ1n) is 16.9. The second-order valence-electron chi connectivity index (χ2n) is 15.4. The highest BCUT2D eigenvalue weighted by atomic mass is 19.4. The summed E-state index contributed by atoms with van der Waals surface area (Å²) in [6.45, 7) is 12.2. The Morgan fingerprint density at radius 3 is 2.36 bits per heavy atom. The summed E-state index contributed by atoms with van der Waals surface area (Å²) >= 11 is 0. The van der Waals surface area contributed by atoms with Crippen LogP contribution in [0.4, 0.5) is 22.0 Å². The number of rotatable bonds is 12. The first-order chi connectivity index (χ1) is 19.6. The number of unbranched alkanes of at least 4 members (excludes halogenated alkanes) is 2. The van der Waals surface area contributed by atoms with E-state index in [1.165, 1.54) is 50.5 Å². The lowest BCUT2D eigenvalue weighted by atomic mass is 9.47. The number of allylic oxidation sites excluding steroid dienone is 1. The Morgan fingerprint density at radius 2 is 1.67 bits per heavy atom. The van der Waals surface area contributed by atoms with Crippen molar-refractivity contribution < 1.29 is 31.5 Å². The summed E-state index contributed by atoms with van der Waals surface area (Å²) in [6, 6.07) is 0. The number of carbonyl (C=O) groups excluding carboxylic acids is 1. The Bertz CT molecular complexity index is 958. The second kappa shape index (κ2) is 13.1. The van der Waals surface area contributed by atoms with Crippen LogP contribution in [0.5, 0.6) is 0 Å². The Balaban J connectivity index is 1.27. The van der Waals surface area contributed by atoms with E-state index in [1.54, 1.807) is 0 Å². The van der Waals surface area contributed by atoms with Crippen LogP contribution in [0.3, 0.4) is 0 Å². The van der Waals surface area contributed by atoms with E-state index in [0.29, 0.717) is 11.3 Å². The van der Waals surface area contributed by atoms with Gasteiger partial charge in [0.25, 0.3) is 0 Å². The molecule has 0 bridgehead atoms. The molecular weight excluding hydrogens is 547 g/mol. The standard InChI is InChI=1S/C35H55F5O2/c1-23(2)10-9-11-24(3)28-15-16-29-27-14-13-25-22-26(17-20-32(25,4)30(27)18-21-33(28,29)5)42-31(41)12-7-6-8-19-34(36,37)35(38,39)40/h13,23-24,26-30H,6-12,14-22H2,1-5H3. The van der Waals surface area contributed by atoms with Crippen molar-refractivity contribution >= 4 is 5.97 Å².